The summed E-state index contributed by atoms with van der Waals surface area (Å²) in [5.74, 6) is 0.947. The van der Waals surface area contributed by atoms with Gasteiger partial charge < -0.3 is 5.32 Å². The van der Waals surface area contributed by atoms with Crippen molar-refractivity contribution >= 4 is 39.2 Å². The van der Waals surface area contributed by atoms with Crippen molar-refractivity contribution in [2.45, 2.75) is 81.5 Å². The van der Waals surface area contributed by atoms with Gasteiger partial charge in [-0.15, -0.1) is 11.3 Å². The van der Waals surface area contributed by atoms with Crippen LogP contribution in [0.1, 0.15) is 61.7 Å². The van der Waals surface area contributed by atoms with Gasteiger partial charge in [0.2, 0.25) is 5.91 Å². The lowest BCUT2D eigenvalue weighted by molar-refractivity contribution is -0.120. The van der Waals surface area contributed by atoms with Crippen LogP contribution in [-0.4, -0.2) is 27.2 Å². The molecule has 1 fully saturated rings. The SMILES string of the molecule is Cc1nc(S[C@@H](C)C(=O)NC2CCCC2)c2c3c(sc2n1)CCCC3. The molecule has 2 aliphatic rings. The van der Waals surface area contributed by atoms with Crippen molar-refractivity contribution in [1.29, 1.82) is 0 Å². The summed E-state index contributed by atoms with van der Waals surface area (Å²) < 4.78 is 0. The summed E-state index contributed by atoms with van der Waals surface area (Å²) in [6.07, 6.45) is 9.52. The minimum atomic E-state index is -0.128. The molecule has 1 N–H and O–H groups in total. The predicted molar refractivity (Wildman–Crippen MR) is 105 cm³/mol. The van der Waals surface area contributed by atoms with Crippen molar-refractivity contribution < 1.29 is 4.79 Å². The standard InChI is InChI=1S/C19H25N3OS2/c1-11(17(23)22-13-7-3-4-8-13)24-18-16-14-9-5-6-10-15(14)25-19(16)21-12(2)20-18/h11,13H,3-10H2,1-2H3,(H,22,23)/t11-/m0/s1. The summed E-state index contributed by atoms with van der Waals surface area (Å²) in [4.78, 5) is 24.5. The number of fused-ring (bicyclic) bond motifs is 3. The first-order valence-corrected chi connectivity index (χ1v) is 11.1. The van der Waals surface area contributed by atoms with Crippen molar-refractivity contribution in [3.05, 3.63) is 16.3 Å². The maximum atomic E-state index is 12.6. The Balaban J connectivity index is 1.59. The van der Waals surface area contributed by atoms with E-state index in [1.54, 1.807) is 11.8 Å². The minimum Gasteiger partial charge on any atom is -0.352 e. The van der Waals surface area contributed by atoms with Gasteiger partial charge in [0.25, 0.3) is 0 Å². The number of amides is 1. The van der Waals surface area contributed by atoms with Crippen molar-refractivity contribution in [3.63, 3.8) is 0 Å². The van der Waals surface area contributed by atoms with Crippen molar-refractivity contribution in [2.24, 2.45) is 0 Å². The Kier molecular flexibility index (Phi) is 5.00. The van der Waals surface area contributed by atoms with Gasteiger partial charge in [-0.05, 0) is 57.9 Å². The fraction of sp³-hybridized carbons (Fsp3) is 0.632. The van der Waals surface area contributed by atoms with E-state index in [1.807, 2.05) is 25.2 Å². The molecule has 1 amide bonds. The van der Waals surface area contributed by atoms with Crippen molar-refractivity contribution in [3.8, 4) is 0 Å². The molecule has 2 aromatic heterocycles. The van der Waals surface area contributed by atoms with Gasteiger partial charge >= 0.3 is 0 Å². The van der Waals surface area contributed by atoms with E-state index in [2.05, 4.69) is 10.3 Å². The van der Waals surface area contributed by atoms with E-state index in [9.17, 15) is 4.79 Å². The molecule has 2 aliphatic carbocycles. The normalized spacial score (nSPS) is 19.1. The Bertz CT molecular complexity index is 796. The fourth-order valence-electron chi connectivity index (χ4n) is 3.92. The largest absolute Gasteiger partial charge is 0.352 e. The highest BCUT2D eigenvalue weighted by molar-refractivity contribution is 8.00. The summed E-state index contributed by atoms with van der Waals surface area (Å²) in [7, 11) is 0. The Hall–Kier alpha value is -1.14. The molecule has 0 saturated heterocycles. The van der Waals surface area contributed by atoms with Gasteiger partial charge in [-0.1, -0.05) is 24.6 Å². The molecule has 1 atom stereocenters. The second kappa shape index (κ2) is 7.23. The van der Waals surface area contributed by atoms with Gasteiger partial charge in [0.05, 0.1) is 5.25 Å². The monoisotopic (exact) mass is 375 g/mol. The van der Waals surface area contributed by atoms with Gasteiger partial charge in [-0.2, -0.15) is 0 Å². The lowest BCUT2D eigenvalue weighted by Crippen LogP contribution is -2.37. The number of hydrogen-bond acceptors (Lipinski definition) is 5. The topological polar surface area (TPSA) is 54.9 Å². The van der Waals surface area contributed by atoms with Crippen LogP contribution in [-0.2, 0) is 17.6 Å². The zero-order valence-electron chi connectivity index (χ0n) is 14.9. The number of hydrogen-bond donors (Lipinski definition) is 1. The van der Waals surface area contributed by atoms with E-state index < -0.39 is 0 Å². The summed E-state index contributed by atoms with van der Waals surface area (Å²) in [5, 5.41) is 5.30. The summed E-state index contributed by atoms with van der Waals surface area (Å²) in [5.41, 5.74) is 1.44. The van der Waals surface area contributed by atoms with Crippen LogP contribution in [0.15, 0.2) is 5.03 Å². The van der Waals surface area contributed by atoms with Gasteiger partial charge in [-0.3, -0.25) is 4.79 Å². The first-order chi connectivity index (χ1) is 12.1. The lowest BCUT2D eigenvalue weighted by Gasteiger charge is -2.17. The number of aryl methyl sites for hydroxylation is 3. The summed E-state index contributed by atoms with van der Waals surface area (Å²) >= 11 is 3.42. The lowest BCUT2D eigenvalue weighted by atomic mass is 9.97. The van der Waals surface area contributed by atoms with E-state index in [1.165, 1.54) is 41.5 Å². The zero-order valence-corrected chi connectivity index (χ0v) is 16.6. The number of nitrogens with one attached hydrogen (secondary N) is 1. The van der Waals surface area contributed by atoms with Crippen molar-refractivity contribution in [1.82, 2.24) is 15.3 Å². The maximum absolute atomic E-state index is 12.6. The Labute approximate surface area is 157 Å². The van der Waals surface area contributed by atoms with Crippen LogP contribution in [0.5, 0.6) is 0 Å². The molecular formula is C19H25N3OS2. The number of thiophene rings is 1. The van der Waals surface area contributed by atoms with Crippen molar-refractivity contribution in [2.75, 3.05) is 0 Å². The third-order valence-corrected chi connectivity index (χ3v) is 7.52. The minimum absolute atomic E-state index is 0.128. The molecular weight excluding hydrogens is 350 g/mol. The molecule has 0 spiro atoms. The number of rotatable bonds is 4. The zero-order chi connectivity index (χ0) is 17.4. The van der Waals surface area contributed by atoms with E-state index in [-0.39, 0.29) is 11.2 Å². The second-order valence-electron chi connectivity index (χ2n) is 7.22. The molecule has 0 radical (unpaired) electrons. The van der Waals surface area contributed by atoms with Crippen LogP contribution in [0.2, 0.25) is 0 Å². The van der Waals surface area contributed by atoms with Gasteiger partial charge in [0.15, 0.2) is 0 Å². The molecule has 1 saturated carbocycles. The molecule has 25 heavy (non-hydrogen) atoms. The second-order valence-corrected chi connectivity index (χ2v) is 9.63. The van der Waals surface area contributed by atoms with E-state index in [0.717, 1.165) is 41.4 Å². The Morgan fingerprint density at radius 1 is 1.20 bits per heavy atom. The number of nitrogens with zero attached hydrogens (tertiary/aromatic N) is 2. The molecule has 4 rings (SSSR count). The molecule has 2 aromatic rings. The summed E-state index contributed by atoms with van der Waals surface area (Å²) in [6, 6.07) is 0.372. The van der Waals surface area contributed by atoms with Gasteiger partial charge in [-0.25, -0.2) is 9.97 Å². The quantitative estimate of drug-likeness (QED) is 0.635. The van der Waals surface area contributed by atoms with E-state index in [0.29, 0.717) is 6.04 Å². The van der Waals surface area contributed by atoms with Crippen LogP contribution in [0.4, 0.5) is 0 Å². The van der Waals surface area contributed by atoms with Gasteiger partial charge in [0, 0.05) is 16.3 Å². The fourth-order valence-corrected chi connectivity index (χ4v) is 6.32. The molecule has 134 valence electrons. The predicted octanol–water partition coefficient (Wildman–Crippen LogP) is 4.42. The highest BCUT2D eigenvalue weighted by Gasteiger charge is 2.25. The maximum Gasteiger partial charge on any atom is 0.233 e. The Morgan fingerprint density at radius 2 is 1.96 bits per heavy atom. The van der Waals surface area contributed by atoms with Gasteiger partial charge in [0.1, 0.15) is 15.7 Å². The van der Waals surface area contributed by atoms with Crippen LogP contribution < -0.4 is 5.32 Å². The highest BCUT2D eigenvalue weighted by Crippen LogP contribution is 2.40. The average molecular weight is 376 g/mol. The third kappa shape index (κ3) is 3.56. The molecule has 6 heteroatoms. The first kappa shape index (κ1) is 17.3. The molecule has 0 aliphatic heterocycles. The average Bonchev–Trinajstić information content (AvgIpc) is 3.21. The van der Waals surface area contributed by atoms with Crippen LogP contribution in [0.3, 0.4) is 0 Å². The molecule has 4 nitrogen and oxygen atoms in total. The van der Waals surface area contributed by atoms with E-state index >= 15 is 0 Å². The Morgan fingerprint density at radius 3 is 2.76 bits per heavy atom. The molecule has 2 heterocycles. The summed E-state index contributed by atoms with van der Waals surface area (Å²) in [6.45, 7) is 3.95. The first-order valence-electron chi connectivity index (χ1n) is 9.37. The highest BCUT2D eigenvalue weighted by atomic mass is 32.2. The van der Waals surface area contributed by atoms with E-state index in [4.69, 9.17) is 4.98 Å². The molecule has 0 aromatic carbocycles. The molecule has 0 unspecified atom stereocenters. The molecule has 0 bridgehead atoms. The number of thioether (sulfide) groups is 1. The van der Waals surface area contributed by atoms with Crippen LogP contribution in [0.25, 0.3) is 10.2 Å². The van der Waals surface area contributed by atoms with Crippen LogP contribution in [0, 0.1) is 6.92 Å². The van der Waals surface area contributed by atoms with Crippen LogP contribution >= 0.6 is 23.1 Å². The number of carbonyl (C=O) groups is 1. The number of aromatic nitrogens is 2. The number of carbonyl (C=O) groups excluding carboxylic acids is 1. The smallest absolute Gasteiger partial charge is 0.233 e. The third-order valence-electron chi connectivity index (χ3n) is 5.25.